The average molecular weight is 643 g/mol. The molecule has 46 heavy (non-hydrogen) atoms. The van der Waals surface area contributed by atoms with Gasteiger partial charge in [0.1, 0.15) is 6.10 Å². The summed E-state index contributed by atoms with van der Waals surface area (Å²) in [5.41, 5.74) is 0. The monoisotopic (exact) mass is 643 g/mol. The van der Waals surface area contributed by atoms with Gasteiger partial charge >= 0.3 is 5.97 Å². The minimum atomic E-state index is -0.556. The molecule has 0 aromatic carbocycles. The molecule has 0 saturated carbocycles. The van der Waals surface area contributed by atoms with E-state index >= 15 is 0 Å². The predicted molar refractivity (Wildman–Crippen MR) is 200 cm³/mol. The molecule has 0 aromatic heterocycles. The lowest BCUT2D eigenvalue weighted by Gasteiger charge is -2.15. The molecule has 4 heteroatoms. The summed E-state index contributed by atoms with van der Waals surface area (Å²) in [4.78, 5) is 12.2. The third-order valence-electron chi connectivity index (χ3n) is 8.11. The van der Waals surface area contributed by atoms with Crippen LogP contribution in [0.25, 0.3) is 0 Å². The molecule has 0 aromatic rings. The van der Waals surface area contributed by atoms with Gasteiger partial charge in [0.15, 0.2) is 0 Å². The molecule has 0 spiro atoms. The molecule has 0 aliphatic rings. The molecule has 0 radical (unpaired) electrons. The quantitative estimate of drug-likeness (QED) is 0.0424. The molecule has 0 heterocycles. The Kier molecular flexibility index (Phi) is 37.6. The van der Waals surface area contributed by atoms with E-state index in [1.807, 2.05) is 0 Å². The molecule has 0 rings (SSSR count). The third kappa shape index (κ3) is 36.6. The number of aliphatic hydroxyl groups excluding tert-OH is 1. The Labute approximate surface area is 285 Å². The van der Waals surface area contributed by atoms with Crippen LogP contribution in [0.15, 0.2) is 60.8 Å². The van der Waals surface area contributed by atoms with Crippen LogP contribution >= 0.6 is 0 Å². The van der Waals surface area contributed by atoms with Crippen molar-refractivity contribution >= 4 is 5.97 Å². The highest BCUT2D eigenvalue weighted by atomic mass is 16.6. The van der Waals surface area contributed by atoms with Crippen molar-refractivity contribution in [1.29, 1.82) is 0 Å². The van der Waals surface area contributed by atoms with Gasteiger partial charge in [0, 0.05) is 13.0 Å². The first-order valence-corrected chi connectivity index (χ1v) is 19.4. The number of carbonyl (C=O) groups excluding carboxylic acids is 1. The van der Waals surface area contributed by atoms with Gasteiger partial charge in [-0.1, -0.05) is 171 Å². The van der Waals surface area contributed by atoms with Gasteiger partial charge in [-0.3, -0.25) is 4.79 Å². The maximum atomic E-state index is 12.2. The SMILES string of the molecule is CC/C=C\C/C=C\C/C=C\C/C=C\C/C=C\CCCCOCC(CO)OC(=O)CCCCCCCCCCCCCCCCCC. The molecule has 1 N–H and O–H groups in total. The van der Waals surface area contributed by atoms with Crippen molar-refractivity contribution in [2.24, 2.45) is 0 Å². The summed E-state index contributed by atoms with van der Waals surface area (Å²) in [5.74, 6) is -0.216. The Bertz CT molecular complexity index is 764. The van der Waals surface area contributed by atoms with Crippen LogP contribution < -0.4 is 0 Å². The zero-order valence-electron chi connectivity index (χ0n) is 30.3. The van der Waals surface area contributed by atoms with Crippen LogP contribution in [0.2, 0.25) is 0 Å². The van der Waals surface area contributed by atoms with E-state index in [2.05, 4.69) is 74.6 Å². The van der Waals surface area contributed by atoms with Crippen LogP contribution in [0.5, 0.6) is 0 Å². The zero-order chi connectivity index (χ0) is 33.4. The van der Waals surface area contributed by atoms with Crippen molar-refractivity contribution in [2.45, 2.75) is 180 Å². The summed E-state index contributed by atoms with van der Waals surface area (Å²) in [5, 5.41) is 9.57. The fraction of sp³-hybridized carbons (Fsp3) is 0.738. The number of hydrogen-bond acceptors (Lipinski definition) is 4. The highest BCUT2D eigenvalue weighted by Crippen LogP contribution is 2.14. The lowest BCUT2D eigenvalue weighted by atomic mass is 10.0. The molecule has 0 bridgehead atoms. The first kappa shape index (κ1) is 44.1. The minimum absolute atomic E-state index is 0.190. The van der Waals surface area contributed by atoms with Gasteiger partial charge in [0.25, 0.3) is 0 Å². The number of ether oxygens (including phenoxy) is 2. The summed E-state index contributed by atoms with van der Waals surface area (Å²) in [7, 11) is 0. The zero-order valence-corrected chi connectivity index (χ0v) is 30.3. The largest absolute Gasteiger partial charge is 0.457 e. The van der Waals surface area contributed by atoms with E-state index in [1.165, 1.54) is 89.9 Å². The van der Waals surface area contributed by atoms with E-state index in [1.54, 1.807) is 0 Å². The average Bonchev–Trinajstić information content (AvgIpc) is 3.06. The number of esters is 1. The molecule has 0 aliphatic heterocycles. The Morgan fingerprint density at radius 1 is 0.543 bits per heavy atom. The molecular weight excluding hydrogens is 568 g/mol. The van der Waals surface area contributed by atoms with Gasteiger partial charge in [0.05, 0.1) is 13.2 Å². The normalized spacial score (nSPS) is 13.0. The molecule has 1 unspecified atom stereocenters. The Balaban J connectivity index is 3.53. The van der Waals surface area contributed by atoms with Crippen LogP contribution in [0.3, 0.4) is 0 Å². The molecule has 0 amide bonds. The molecule has 0 saturated heterocycles. The highest BCUT2D eigenvalue weighted by molar-refractivity contribution is 5.69. The maximum Gasteiger partial charge on any atom is 0.306 e. The van der Waals surface area contributed by atoms with Crippen molar-refractivity contribution in [1.82, 2.24) is 0 Å². The number of allylic oxidation sites excluding steroid dienone is 10. The van der Waals surface area contributed by atoms with Crippen LogP contribution in [-0.2, 0) is 14.3 Å². The lowest BCUT2D eigenvalue weighted by Crippen LogP contribution is -2.27. The van der Waals surface area contributed by atoms with Gasteiger partial charge in [-0.15, -0.1) is 0 Å². The molecule has 0 fully saturated rings. The highest BCUT2D eigenvalue weighted by Gasteiger charge is 2.13. The molecule has 0 aliphatic carbocycles. The lowest BCUT2D eigenvalue weighted by molar-refractivity contribution is -0.154. The fourth-order valence-corrected chi connectivity index (χ4v) is 5.24. The van der Waals surface area contributed by atoms with E-state index in [0.29, 0.717) is 13.0 Å². The first-order chi connectivity index (χ1) is 22.7. The van der Waals surface area contributed by atoms with E-state index in [9.17, 15) is 9.90 Å². The Morgan fingerprint density at radius 3 is 1.43 bits per heavy atom. The number of aliphatic hydroxyl groups is 1. The second kappa shape index (κ2) is 39.3. The number of rotatable bonds is 35. The second-order valence-electron chi connectivity index (χ2n) is 12.6. The summed E-state index contributed by atoms with van der Waals surface area (Å²) >= 11 is 0. The first-order valence-electron chi connectivity index (χ1n) is 19.4. The molecule has 266 valence electrons. The molecule has 1 atom stereocenters. The van der Waals surface area contributed by atoms with Crippen LogP contribution in [0.4, 0.5) is 0 Å². The van der Waals surface area contributed by atoms with Crippen LogP contribution in [0.1, 0.15) is 174 Å². The number of carbonyl (C=O) groups is 1. The molecular formula is C42H74O4. The summed E-state index contributed by atoms with van der Waals surface area (Å²) < 4.78 is 11.1. The van der Waals surface area contributed by atoms with Gasteiger partial charge in [-0.2, -0.15) is 0 Å². The van der Waals surface area contributed by atoms with Crippen molar-refractivity contribution in [3.8, 4) is 0 Å². The fourth-order valence-electron chi connectivity index (χ4n) is 5.24. The van der Waals surface area contributed by atoms with Gasteiger partial charge in [0.2, 0.25) is 0 Å². The Hall–Kier alpha value is -1.91. The van der Waals surface area contributed by atoms with Gasteiger partial charge < -0.3 is 14.6 Å². The second-order valence-corrected chi connectivity index (χ2v) is 12.6. The van der Waals surface area contributed by atoms with E-state index < -0.39 is 6.10 Å². The maximum absolute atomic E-state index is 12.2. The van der Waals surface area contributed by atoms with Crippen LogP contribution in [-0.4, -0.2) is 37.0 Å². The van der Waals surface area contributed by atoms with Gasteiger partial charge in [-0.25, -0.2) is 0 Å². The van der Waals surface area contributed by atoms with Crippen LogP contribution in [0, 0.1) is 0 Å². The van der Waals surface area contributed by atoms with Crippen molar-refractivity contribution in [3.63, 3.8) is 0 Å². The van der Waals surface area contributed by atoms with Gasteiger partial charge in [-0.05, 0) is 57.8 Å². The molecule has 4 nitrogen and oxygen atoms in total. The van der Waals surface area contributed by atoms with Crippen molar-refractivity contribution < 1.29 is 19.4 Å². The number of hydrogen-bond donors (Lipinski definition) is 1. The summed E-state index contributed by atoms with van der Waals surface area (Å²) in [6.45, 7) is 5.14. The van der Waals surface area contributed by atoms with E-state index in [-0.39, 0.29) is 19.2 Å². The smallest absolute Gasteiger partial charge is 0.306 e. The predicted octanol–water partition coefficient (Wildman–Crippen LogP) is 12.5. The number of unbranched alkanes of at least 4 members (excludes halogenated alkanes) is 17. The summed E-state index contributed by atoms with van der Waals surface area (Å²) in [6.07, 6.45) is 51.3. The van der Waals surface area contributed by atoms with Crippen molar-refractivity contribution in [2.75, 3.05) is 19.8 Å². The van der Waals surface area contributed by atoms with E-state index in [0.717, 1.165) is 64.2 Å². The Morgan fingerprint density at radius 2 is 0.978 bits per heavy atom. The third-order valence-corrected chi connectivity index (χ3v) is 8.11. The summed E-state index contributed by atoms with van der Waals surface area (Å²) in [6, 6.07) is 0. The van der Waals surface area contributed by atoms with Crippen molar-refractivity contribution in [3.05, 3.63) is 60.8 Å². The standard InChI is InChI=1S/C42H74O4/c1-3-5-7-9-11-13-15-17-19-21-22-24-26-28-30-32-34-36-38-45-40-41(39-43)46-42(44)37-35-33-31-29-27-25-23-20-18-16-14-12-10-8-6-4-2/h5,7,11,13,17,19,22,24,28,30,41,43H,3-4,6,8-10,12,14-16,18,20-21,23,25-27,29,31-40H2,1-2H3/b7-5-,13-11-,19-17-,24-22-,30-28-. The topological polar surface area (TPSA) is 55.8 Å². The minimum Gasteiger partial charge on any atom is -0.457 e. The van der Waals surface area contributed by atoms with E-state index in [4.69, 9.17) is 9.47 Å².